The SMILES string of the molecule is O=C(O)c1ccc2c(c1)CNC(=S)O2. The number of rotatable bonds is 1. The van der Waals surface area contributed by atoms with Gasteiger partial charge in [0, 0.05) is 12.1 Å². The fourth-order valence-corrected chi connectivity index (χ4v) is 1.42. The van der Waals surface area contributed by atoms with E-state index in [0.717, 1.165) is 5.56 Å². The van der Waals surface area contributed by atoms with Crippen molar-refractivity contribution in [3.05, 3.63) is 29.3 Å². The zero-order chi connectivity index (χ0) is 10.1. The first-order valence-electron chi connectivity index (χ1n) is 3.99. The minimum atomic E-state index is -0.944. The van der Waals surface area contributed by atoms with Crippen molar-refractivity contribution in [3.63, 3.8) is 0 Å². The monoisotopic (exact) mass is 209 g/mol. The molecule has 1 heterocycles. The lowest BCUT2D eigenvalue weighted by atomic mass is 10.1. The number of carboxylic acid groups (broad SMARTS) is 1. The summed E-state index contributed by atoms with van der Waals surface area (Å²) in [6.45, 7) is 0.509. The molecule has 0 fully saturated rings. The predicted octanol–water partition coefficient (Wildman–Crippen LogP) is 1.15. The van der Waals surface area contributed by atoms with Crippen molar-refractivity contribution >= 4 is 23.4 Å². The number of hydrogen-bond acceptors (Lipinski definition) is 3. The van der Waals surface area contributed by atoms with E-state index in [1.807, 2.05) is 0 Å². The van der Waals surface area contributed by atoms with Crippen molar-refractivity contribution in [2.24, 2.45) is 0 Å². The molecule has 0 aliphatic carbocycles. The number of aromatic carboxylic acids is 1. The summed E-state index contributed by atoms with van der Waals surface area (Å²) in [7, 11) is 0. The Hall–Kier alpha value is -1.62. The van der Waals surface area contributed by atoms with E-state index >= 15 is 0 Å². The van der Waals surface area contributed by atoms with Gasteiger partial charge in [-0.2, -0.15) is 0 Å². The van der Waals surface area contributed by atoms with Crippen molar-refractivity contribution in [3.8, 4) is 5.75 Å². The molecule has 1 aliphatic rings. The molecule has 0 radical (unpaired) electrons. The van der Waals surface area contributed by atoms with Crippen LogP contribution >= 0.6 is 12.2 Å². The van der Waals surface area contributed by atoms with Crippen molar-refractivity contribution in [2.45, 2.75) is 6.54 Å². The number of nitrogens with one attached hydrogen (secondary N) is 1. The van der Waals surface area contributed by atoms with Crippen molar-refractivity contribution in [2.75, 3.05) is 0 Å². The lowest BCUT2D eigenvalue weighted by Crippen LogP contribution is -2.31. The van der Waals surface area contributed by atoms with E-state index in [1.54, 1.807) is 12.1 Å². The Bertz CT molecular complexity index is 417. The maximum absolute atomic E-state index is 10.7. The quantitative estimate of drug-likeness (QED) is 0.679. The van der Waals surface area contributed by atoms with Crippen LogP contribution in [0.1, 0.15) is 15.9 Å². The van der Waals surface area contributed by atoms with Crippen molar-refractivity contribution in [1.82, 2.24) is 5.32 Å². The Kier molecular flexibility index (Phi) is 2.09. The molecule has 0 spiro atoms. The molecular formula is C9H7NO3S. The van der Waals surface area contributed by atoms with Crippen LogP contribution in [0.3, 0.4) is 0 Å². The van der Waals surface area contributed by atoms with Gasteiger partial charge in [-0.3, -0.25) is 0 Å². The minimum Gasteiger partial charge on any atom is -0.478 e. The van der Waals surface area contributed by atoms with E-state index in [1.165, 1.54) is 6.07 Å². The van der Waals surface area contributed by atoms with Crippen LogP contribution in [0.5, 0.6) is 5.75 Å². The minimum absolute atomic E-state index is 0.252. The van der Waals surface area contributed by atoms with Gasteiger partial charge in [-0.1, -0.05) is 0 Å². The van der Waals surface area contributed by atoms with Crippen LogP contribution in [0.2, 0.25) is 0 Å². The van der Waals surface area contributed by atoms with Gasteiger partial charge in [0.05, 0.1) is 5.56 Å². The molecule has 0 saturated carbocycles. The third-order valence-corrected chi connectivity index (χ3v) is 2.16. The van der Waals surface area contributed by atoms with E-state index in [4.69, 9.17) is 22.1 Å². The molecule has 2 N–H and O–H groups in total. The van der Waals surface area contributed by atoms with Gasteiger partial charge in [-0.15, -0.1) is 0 Å². The molecule has 2 rings (SSSR count). The Balaban J connectivity index is 2.41. The molecule has 5 heteroatoms. The molecular weight excluding hydrogens is 202 g/mol. The van der Waals surface area contributed by atoms with Gasteiger partial charge >= 0.3 is 5.97 Å². The number of thiocarbonyl (C=S) groups is 1. The summed E-state index contributed by atoms with van der Waals surface area (Å²) in [6, 6.07) is 4.69. The molecule has 72 valence electrons. The van der Waals surface area contributed by atoms with Gasteiger partial charge in [-0.05, 0) is 30.4 Å². The predicted molar refractivity (Wildman–Crippen MR) is 53.5 cm³/mol. The zero-order valence-electron chi connectivity index (χ0n) is 7.11. The molecule has 0 atom stereocenters. The third-order valence-electron chi connectivity index (χ3n) is 1.93. The molecule has 0 amide bonds. The first kappa shape index (κ1) is 8.96. The number of carboxylic acids is 1. The van der Waals surface area contributed by atoms with Crippen LogP contribution in [0, 0.1) is 0 Å². The Morgan fingerprint density at radius 2 is 2.36 bits per heavy atom. The Morgan fingerprint density at radius 1 is 1.57 bits per heavy atom. The first-order valence-corrected chi connectivity index (χ1v) is 4.39. The van der Waals surface area contributed by atoms with Gasteiger partial charge in [0.2, 0.25) is 0 Å². The normalized spacial score (nSPS) is 13.9. The highest BCUT2D eigenvalue weighted by atomic mass is 32.1. The smallest absolute Gasteiger partial charge is 0.335 e. The summed E-state index contributed by atoms with van der Waals surface area (Å²) in [5.74, 6) is -0.320. The molecule has 1 aromatic rings. The van der Waals surface area contributed by atoms with Gasteiger partial charge in [0.25, 0.3) is 5.17 Å². The lowest BCUT2D eigenvalue weighted by molar-refractivity contribution is 0.0696. The molecule has 1 aromatic carbocycles. The van der Waals surface area contributed by atoms with E-state index in [2.05, 4.69) is 5.32 Å². The van der Waals surface area contributed by atoms with Crippen LogP contribution in [0.25, 0.3) is 0 Å². The topological polar surface area (TPSA) is 58.6 Å². The summed E-state index contributed by atoms with van der Waals surface area (Å²) in [4.78, 5) is 10.7. The van der Waals surface area contributed by atoms with Crippen molar-refractivity contribution < 1.29 is 14.6 Å². The third kappa shape index (κ3) is 1.54. The fourth-order valence-electron chi connectivity index (χ4n) is 1.25. The molecule has 0 aromatic heterocycles. The van der Waals surface area contributed by atoms with Gasteiger partial charge in [0.1, 0.15) is 5.75 Å². The number of benzene rings is 1. The average molecular weight is 209 g/mol. The highest BCUT2D eigenvalue weighted by Crippen LogP contribution is 2.23. The summed E-state index contributed by atoms with van der Waals surface area (Å²) in [6.07, 6.45) is 0. The molecule has 0 bridgehead atoms. The average Bonchev–Trinajstić information content (AvgIpc) is 2.16. The van der Waals surface area contributed by atoms with Crippen LogP contribution in [0.15, 0.2) is 18.2 Å². The van der Waals surface area contributed by atoms with E-state index < -0.39 is 5.97 Å². The van der Waals surface area contributed by atoms with Gasteiger partial charge < -0.3 is 15.2 Å². The highest BCUT2D eigenvalue weighted by Gasteiger charge is 2.15. The highest BCUT2D eigenvalue weighted by molar-refractivity contribution is 7.80. The number of hydrogen-bond donors (Lipinski definition) is 2. The number of fused-ring (bicyclic) bond motifs is 1. The first-order chi connectivity index (χ1) is 6.66. The summed E-state index contributed by atoms with van der Waals surface area (Å²) in [5.41, 5.74) is 1.06. The maximum Gasteiger partial charge on any atom is 0.335 e. The van der Waals surface area contributed by atoms with Gasteiger partial charge in [0.15, 0.2) is 0 Å². The summed E-state index contributed by atoms with van der Waals surface area (Å²) >= 11 is 4.82. The molecule has 4 nitrogen and oxygen atoms in total. The second-order valence-corrected chi connectivity index (χ2v) is 3.24. The summed E-state index contributed by atoms with van der Waals surface area (Å²) in [5, 5.41) is 11.9. The fraction of sp³-hybridized carbons (Fsp3) is 0.111. The molecule has 14 heavy (non-hydrogen) atoms. The Morgan fingerprint density at radius 3 is 3.07 bits per heavy atom. The van der Waals surface area contributed by atoms with Crippen LogP contribution in [0.4, 0.5) is 0 Å². The largest absolute Gasteiger partial charge is 0.478 e. The van der Waals surface area contributed by atoms with Crippen molar-refractivity contribution in [1.29, 1.82) is 0 Å². The molecule has 0 unspecified atom stereocenters. The number of carbonyl (C=O) groups is 1. The lowest BCUT2D eigenvalue weighted by Gasteiger charge is -2.18. The van der Waals surface area contributed by atoms with E-state index in [-0.39, 0.29) is 5.56 Å². The number of ether oxygens (including phenoxy) is 1. The second-order valence-electron chi connectivity index (χ2n) is 2.87. The molecule has 1 aliphatic heterocycles. The van der Waals surface area contributed by atoms with E-state index in [9.17, 15) is 4.79 Å². The Labute approximate surface area is 85.5 Å². The second kappa shape index (κ2) is 3.26. The maximum atomic E-state index is 10.7. The van der Waals surface area contributed by atoms with Crippen LogP contribution in [-0.2, 0) is 6.54 Å². The zero-order valence-corrected chi connectivity index (χ0v) is 7.93. The van der Waals surface area contributed by atoms with Gasteiger partial charge in [-0.25, -0.2) is 4.79 Å². The van der Waals surface area contributed by atoms with Crippen LogP contribution in [-0.4, -0.2) is 16.3 Å². The molecule has 0 saturated heterocycles. The van der Waals surface area contributed by atoms with Crippen LogP contribution < -0.4 is 10.1 Å². The standard InChI is InChI=1S/C9H7NO3S/c11-8(12)5-1-2-7-6(3-5)4-10-9(14)13-7/h1-3H,4H2,(H,10,14)(H,11,12). The summed E-state index contributed by atoms with van der Waals surface area (Å²) < 4.78 is 5.19. The van der Waals surface area contributed by atoms with E-state index in [0.29, 0.717) is 17.5 Å².